The van der Waals surface area contributed by atoms with Crippen LogP contribution >= 0.6 is 23.2 Å². The van der Waals surface area contributed by atoms with Crippen molar-refractivity contribution in [2.45, 2.75) is 13.0 Å². The van der Waals surface area contributed by atoms with Gasteiger partial charge in [-0.1, -0.05) is 53.5 Å². The third-order valence-corrected chi connectivity index (χ3v) is 3.60. The minimum atomic E-state index is -0.413. The van der Waals surface area contributed by atoms with Gasteiger partial charge in [0.2, 0.25) is 11.8 Å². The summed E-state index contributed by atoms with van der Waals surface area (Å²) in [5.74, 6) is -0.759. The summed E-state index contributed by atoms with van der Waals surface area (Å²) in [5.41, 5.74) is 1.47. The zero-order valence-corrected chi connectivity index (χ0v) is 13.1. The normalized spacial score (nSPS) is 10.1. The molecule has 2 rings (SSSR count). The number of carbonyl (C=O) groups is 2. The van der Waals surface area contributed by atoms with Gasteiger partial charge in [0.1, 0.15) is 6.42 Å². The van der Waals surface area contributed by atoms with Gasteiger partial charge in [0, 0.05) is 12.2 Å². The molecule has 0 saturated carbocycles. The zero-order valence-electron chi connectivity index (χ0n) is 11.6. The number of rotatable bonds is 5. The zero-order chi connectivity index (χ0) is 15.9. The number of hydrogen-bond donors (Lipinski definition) is 2. The Kier molecular flexibility index (Phi) is 5.81. The van der Waals surface area contributed by atoms with E-state index in [0.29, 0.717) is 22.3 Å². The van der Waals surface area contributed by atoms with Crippen LogP contribution in [0.25, 0.3) is 0 Å². The summed E-state index contributed by atoms with van der Waals surface area (Å²) in [6, 6.07) is 14.2. The van der Waals surface area contributed by atoms with Crippen LogP contribution in [0.15, 0.2) is 48.5 Å². The van der Waals surface area contributed by atoms with E-state index in [-0.39, 0.29) is 12.3 Å². The van der Waals surface area contributed by atoms with E-state index in [1.54, 1.807) is 12.1 Å². The largest absolute Gasteiger partial charge is 0.352 e. The highest BCUT2D eigenvalue weighted by Gasteiger charge is 2.10. The molecule has 0 bridgehead atoms. The van der Waals surface area contributed by atoms with Crippen molar-refractivity contribution < 1.29 is 9.59 Å². The first-order valence-corrected chi connectivity index (χ1v) is 7.36. The molecule has 0 fully saturated rings. The minimum Gasteiger partial charge on any atom is -0.352 e. The molecular weight excluding hydrogens is 323 g/mol. The fourth-order valence-corrected chi connectivity index (χ4v) is 2.08. The Bertz CT molecular complexity index is 675. The summed E-state index contributed by atoms with van der Waals surface area (Å²) >= 11 is 11.7. The van der Waals surface area contributed by atoms with Gasteiger partial charge in [-0.05, 0) is 23.8 Å². The second kappa shape index (κ2) is 7.82. The molecule has 2 aromatic rings. The molecule has 0 aliphatic rings. The van der Waals surface area contributed by atoms with Crippen LogP contribution in [0.1, 0.15) is 12.0 Å². The van der Waals surface area contributed by atoms with Crippen molar-refractivity contribution in [2.24, 2.45) is 0 Å². The standard InChI is InChI=1S/C16H14Cl2N2O2/c17-13-7-6-12(8-14(13)18)20-16(22)9-15(21)19-10-11-4-2-1-3-5-11/h1-8H,9-10H2,(H,19,21)(H,20,22). The van der Waals surface area contributed by atoms with Gasteiger partial charge >= 0.3 is 0 Å². The van der Waals surface area contributed by atoms with Crippen molar-refractivity contribution in [1.82, 2.24) is 5.32 Å². The van der Waals surface area contributed by atoms with E-state index in [0.717, 1.165) is 5.56 Å². The van der Waals surface area contributed by atoms with Crippen molar-refractivity contribution in [3.05, 3.63) is 64.1 Å². The van der Waals surface area contributed by atoms with E-state index < -0.39 is 5.91 Å². The van der Waals surface area contributed by atoms with Crippen molar-refractivity contribution >= 4 is 40.7 Å². The molecule has 6 heteroatoms. The fourth-order valence-electron chi connectivity index (χ4n) is 1.78. The molecule has 0 aliphatic heterocycles. The molecule has 22 heavy (non-hydrogen) atoms. The average molecular weight is 337 g/mol. The van der Waals surface area contributed by atoms with Gasteiger partial charge in [0.15, 0.2) is 0 Å². The van der Waals surface area contributed by atoms with E-state index in [1.807, 2.05) is 30.3 Å². The van der Waals surface area contributed by atoms with Gasteiger partial charge in [0.05, 0.1) is 10.0 Å². The molecule has 0 saturated heterocycles. The van der Waals surface area contributed by atoms with Gasteiger partial charge in [-0.25, -0.2) is 0 Å². The maximum absolute atomic E-state index is 11.8. The Morgan fingerprint density at radius 2 is 1.64 bits per heavy atom. The van der Waals surface area contributed by atoms with Crippen LogP contribution in [0.4, 0.5) is 5.69 Å². The SMILES string of the molecule is O=C(CC(=O)Nc1ccc(Cl)c(Cl)c1)NCc1ccccc1. The van der Waals surface area contributed by atoms with Crippen LogP contribution in [-0.2, 0) is 16.1 Å². The monoisotopic (exact) mass is 336 g/mol. The van der Waals surface area contributed by atoms with Gasteiger partial charge in [-0.2, -0.15) is 0 Å². The third-order valence-electron chi connectivity index (χ3n) is 2.86. The second-order valence-corrected chi connectivity index (χ2v) is 5.43. The third kappa shape index (κ3) is 5.06. The fraction of sp³-hybridized carbons (Fsp3) is 0.125. The number of carbonyl (C=O) groups excluding carboxylic acids is 2. The first-order valence-electron chi connectivity index (χ1n) is 6.60. The van der Waals surface area contributed by atoms with E-state index in [2.05, 4.69) is 10.6 Å². The van der Waals surface area contributed by atoms with Crippen molar-refractivity contribution in [3.63, 3.8) is 0 Å². The predicted molar refractivity (Wildman–Crippen MR) is 88.0 cm³/mol. The Balaban J connectivity index is 1.81. The number of hydrogen-bond acceptors (Lipinski definition) is 2. The molecule has 2 amide bonds. The number of amides is 2. The lowest BCUT2D eigenvalue weighted by molar-refractivity contribution is -0.126. The van der Waals surface area contributed by atoms with Crippen molar-refractivity contribution in [3.8, 4) is 0 Å². The van der Waals surface area contributed by atoms with E-state index in [1.165, 1.54) is 6.07 Å². The molecular formula is C16H14Cl2N2O2. The highest BCUT2D eigenvalue weighted by atomic mass is 35.5. The highest BCUT2D eigenvalue weighted by molar-refractivity contribution is 6.42. The molecule has 0 aromatic heterocycles. The average Bonchev–Trinajstić information content (AvgIpc) is 2.50. The maximum Gasteiger partial charge on any atom is 0.233 e. The summed E-state index contributed by atoms with van der Waals surface area (Å²) in [6.07, 6.45) is -0.257. The molecule has 0 unspecified atom stereocenters. The molecule has 0 atom stereocenters. The lowest BCUT2D eigenvalue weighted by atomic mass is 10.2. The van der Waals surface area contributed by atoms with Crippen LogP contribution in [0.3, 0.4) is 0 Å². The van der Waals surface area contributed by atoms with Gasteiger partial charge in [-0.15, -0.1) is 0 Å². The molecule has 0 heterocycles. The van der Waals surface area contributed by atoms with Crippen LogP contribution in [0, 0.1) is 0 Å². The molecule has 0 spiro atoms. The second-order valence-electron chi connectivity index (χ2n) is 4.62. The topological polar surface area (TPSA) is 58.2 Å². The summed E-state index contributed by atoms with van der Waals surface area (Å²) < 4.78 is 0. The first kappa shape index (κ1) is 16.3. The van der Waals surface area contributed by atoms with Crippen LogP contribution in [-0.4, -0.2) is 11.8 Å². The summed E-state index contributed by atoms with van der Waals surface area (Å²) in [5, 5.41) is 6.03. The molecule has 0 radical (unpaired) electrons. The van der Waals surface area contributed by atoms with Crippen LogP contribution in [0.5, 0.6) is 0 Å². The van der Waals surface area contributed by atoms with Crippen molar-refractivity contribution in [2.75, 3.05) is 5.32 Å². The van der Waals surface area contributed by atoms with Crippen LogP contribution < -0.4 is 10.6 Å². The van der Waals surface area contributed by atoms with Gasteiger partial charge in [-0.3, -0.25) is 9.59 Å². The molecule has 4 nitrogen and oxygen atoms in total. The summed E-state index contributed by atoms with van der Waals surface area (Å²) in [6.45, 7) is 0.389. The highest BCUT2D eigenvalue weighted by Crippen LogP contribution is 2.24. The molecule has 2 N–H and O–H groups in total. The number of benzene rings is 2. The van der Waals surface area contributed by atoms with Gasteiger partial charge in [0.25, 0.3) is 0 Å². The lowest BCUT2D eigenvalue weighted by Crippen LogP contribution is -2.27. The maximum atomic E-state index is 11.8. The smallest absolute Gasteiger partial charge is 0.233 e. The van der Waals surface area contributed by atoms with Crippen LogP contribution in [0.2, 0.25) is 10.0 Å². The molecule has 2 aromatic carbocycles. The lowest BCUT2D eigenvalue weighted by Gasteiger charge is -2.07. The summed E-state index contributed by atoms with van der Waals surface area (Å²) in [7, 11) is 0. The molecule has 114 valence electrons. The van der Waals surface area contributed by atoms with Gasteiger partial charge < -0.3 is 10.6 Å². The Morgan fingerprint density at radius 3 is 2.32 bits per heavy atom. The number of anilines is 1. The quantitative estimate of drug-likeness (QED) is 0.819. The Labute approximate surface area is 138 Å². The first-order chi connectivity index (χ1) is 10.5. The summed E-state index contributed by atoms with van der Waals surface area (Å²) in [4.78, 5) is 23.5. The molecule has 0 aliphatic carbocycles. The Hall–Kier alpha value is -2.04. The van der Waals surface area contributed by atoms with Crippen molar-refractivity contribution in [1.29, 1.82) is 0 Å². The number of halogens is 2. The van der Waals surface area contributed by atoms with E-state index >= 15 is 0 Å². The number of nitrogens with one attached hydrogen (secondary N) is 2. The van der Waals surface area contributed by atoms with E-state index in [4.69, 9.17) is 23.2 Å². The Morgan fingerprint density at radius 1 is 0.909 bits per heavy atom. The predicted octanol–water partition coefficient (Wildman–Crippen LogP) is 3.64. The van der Waals surface area contributed by atoms with E-state index in [9.17, 15) is 9.59 Å². The minimum absolute atomic E-state index is 0.257.